The first-order valence-corrected chi connectivity index (χ1v) is 16.3. The zero-order valence-corrected chi connectivity index (χ0v) is 24.8. The summed E-state index contributed by atoms with van der Waals surface area (Å²) < 4.78 is 22.5. The molecule has 7 rings (SSSR count). The lowest BCUT2D eigenvalue weighted by molar-refractivity contribution is -0.146. The number of nitrogens with one attached hydrogen (secondary N) is 1. The van der Waals surface area contributed by atoms with Crippen molar-refractivity contribution in [3.8, 4) is 5.75 Å². The van der Waals surface area contributed by atoms with Crippen LogP contribution in [0.1, 0.15) is 66.9 Å². The van der Waals surface area contributed by atoms with Crippen LogP contribution in [0.25, 0.3) is 0 Å². The molecule has 5 aliphatic rings. The maximum absolute atomic E-state index is 13.2. The van der Waals surface area contributed by atoms with E-state index in [1.807, 2.05) is 24.3 Å². The van der Waals surface area contributed by atoms with E-state index in [0.29, 0.717) is 30.6 Å². The first kappa shape index (κ1) is 26.9. The number of benzene rings is 2. The molecule has 2 aliphatic carbocycles. The molecule has 3 heterocycles. The van der Waals surface area contributed by atoms with Crippen LogP contribution >= 0.6 is 23.5 Å². The predicted octanol–water partition coefficient (Wildman–Crippen LogP) is 6.18. The van der Waals surface area contributed by atoms with Gasteiger partial charge in [0.15, 0.2) is 0 Å². The highest BCUT2D eigenvalue weighted by Gasteiger charge is 2.46. The lowest BCUT2D eigenvalue weighted by Gasteiger charge is -2.48. The van der Waals surface area contributed by atoms with Gasteiger partial charge in [0.25, 0.3) is 5.91 Å². The Morgan fingerprint density at radius 3 is 2.95 bits per heavy atom. The van der Waals surface area contributed by atoms with Crippen LogP contribution in [0.5, 0.6) is 5.75 Å². The van der Waals surface area contributed by atoms with Crippen molar-refractivity contribution in [3.05, 3.63) is 58.1 Å². The van der Waals surface area contributed by atoms with Crippen molar-refractivity contribution in [2.75, 3.05) is 37.0 Å². The van der Waals surface area contributed by atoms with Gasteiger partial charge in [-0.15, -0.1) is 0 Å². The number of nitrogens with zero attached hydrogens (tertiary/aromatic N) is 1. The lowest BCUT2D eigenvalue weighted by atomic mass is 9.67. The minimum Gasteiger partial charge on any atom is -0.490 e. The van der Waals surface area contributed by atoms with Gasteiger partial charge in [0.2, 0.25) is 0 Å². The SMILES string of the molecule is C[C@@H]1C[C@@H]2C[C@@H](O1)[C@@H]1CC[C@H]1CN1C[C@@]3(CCCc4cc(Cl)ccc43)COc3ccc(cc31)C(=O)NSCCO2. The summed E-state index contributed by atoms with van der Waals surface area (Å²) in [6.07, 6.45) is 8.23. The molecule has 3 aliphatic heterocycles. The van der Waals surface area contributed by atoms with Gasteiger partial charge >= 0.3 is 0 Å². The van der Waals surface area contributed by atoms with Crippen molar-refractivity contribution in [3.63, 3.8) is 0 Å². The van der Waals surface area contributed by atoms with E-state index in [4.69, 9.17) is 25.8 Å². The smallest absolute Gasteiger partial charge is 0.261 e. The minimum atomic E-state index is -0.121. The van der Waals surface area contributed by atoms with Crippen molar-refractivity contribution in [2.45, 2.75) is 75.6 Å². The largest absolute Gasteiger partial charge is 0.490 e. The molecule has 0 unspecified atom stereocenters. The monoisotopic (exact) mass is 582 g/mol. The number of hydrogen-bond donors (Lipinski definition) is 1. The minimum absolute atomic E-state index is 0.0715. The van der Waals surface area contributed by atoms with Gasteiger partial charge in [0.05, 0.1) is 37.2 Å². The Morgan fingerprint density at radius 1 is 1.15 bits per heavy atom. The van der Waals surface area contributed by atoms with Crippen LogP contribution in [0.4, 0.5) is 5.69 Å². The van der Waals surface area contributed by atoms with E-state index in [0.717, 1.165) is 67.4 Å². The molecule has 4 bridgehead atoms. The van der Waals surface area contributed by atoms with Gasteiger partial charge in [-0.3, -0.25) is 9.52 Å². The number of carbonyl (C=O) groups is 1. The highest BCUT2D eigenvalue weighted by molar-refractivity contribution is 7.97. The fourth-order valence-electron chi connectivity index (χ4n) is 7.83. The number of carbonyl (C=O) groups excluding carboxylic acids is 1. The second-order valence-corrected chi connectivity index (χ2v) is 13.9. The van der Waals surface area contributed by atoms with E-state index < -0.39 is 0 Å². The average Bonchev–Trinajstić information content (AvgIpc) is 3.07. The Hall–Kier alpha value is -1.93. The fourth-order valence-corrected chi connectivity index (χ4v) is 8.55. The molecule has 2 aromatic carbocycles. The van der Waals surface area contributed by atoms with Gasteiger partial charge in [0.1, 0.15) is 5.75 Å². The molecular weight excluding hydrogens is 544 g/mol. The van der Waals surface area contributed by atoms with Crippen molar-refractivity contribution in [1.82, 2.24) is 4.72 Å². The van der Waals surface area contributed by atoms with Crippen LogP contribution in [-0.4, -0.2) is 56.3 Å². The van der Waals surface area contributed by atoms with Crippen molar-refractivity contribution in [1.29, 1.82) is 0 Å². The molecule has 1 saturated heterocycles. The number of aryl methyl sites for hydroxylation is 1. The second-order valence-electron chi connectivity index (χ2n) is 12.5. The molecule has 1 amide bonds. The lowest BCUT2D eigenvalue weighted by Crippen LogP contribution is -2.51. The second kappa shape index (κ2) is 11.0. The molecule has 214 valence electrons. The van der Waals surface area contributed by atoms with Gasteiger partial charge in [0, 0.05) is 41.3 Å². The standard InChI is InChI=1S/C32H39ClN2O4S/c1-20-13-25-16-30(39-20)26-7-4-23(26)17-35-18-32(10-2-3-21-14-24(33)6-8-27(21)32)19-38-29-9-5-22(15-28(29)35)31(36)34-40-12-11-37-25/h5-6,8-9,14-15,20,23,25-26,30H,2-4,7,10-13,16-19H2,1H3,(H,34,36)/t20-,23+,25-,26-,30-,32+/m1/s1. The number of fused-ring (bicyclic) bond motifs is 7. The normalized spacial score (nSPS) is 34.0. The molecule has 40 heavy (non-hydrogen) atoms. The highest BCUT2D eigenvalue weighted by atomic mass is 35.5. The first-order chi connectivity index (χ1) is 19.5. The topological polar surface area (TPSA) is 60.0 Å². The molecule has 0 aromatic heterocycles. The molecule has 1 saturated carbocycles. The number of halogens is 1. The Labute approximate surface area is 246 Å². The van der Waals surface area contributed by atoms with Crippen molar-refractivity contribution in [2.24, 2.45) is 11.8 Å². The maximum Gasteiger partial charge on any atom is 0.261 e. The summed E-state index contributed by atoms with van der Waals surface area (Å²) >= 11 is 7.85. The molecule has 6 atom stereocenters. The molecule has 0 radical (unpaired) electrons. The third-order valence-corrected chi connectivity index (χ3v) is 10.8. The summed E-state index contributed by atoms with van der Waals surface area (Å²) in [4.78, 5) is 15.7. The Morgan fingerprint density at radius 2 is 2.08 bits per heavy atom. The van der Waals surface area contributed by atoms with Crippen LogP contribution in [-0.2, 0) is 21.3 Å². The highest BCUT2D eigenvalue weighted by Crippen LogP contribution is 2.48. The van der Waals surface area contributed by atoms with E-state index in [2.05, 4.69) is 28.7 Å². The molecule has 8 heteroatoms. The van der Waals surface area contributed by atoms with Gasteiger partial charge in [-0.2, -0.15) is 0 Å². The third kappa shape index (κ3) is 5.12. The summed E-state index contributed by atoms with van der Waals surface area (Å²) in [6.45, 7) is 5.24. The predicted molar refractivity (Wildman–Crippen MR) is 160 cm³/mol. The zero-order valence-electron chi connectivity index (χ0n) is 23.2. The van der Waals surface area contributed by atoms with E-state index in [1.165, 1.54) is 35.9 Å². The molecule has 1 spiro atoms. The van der Waals surface area contributed by atoms with E-state index in [9.17, 15) is 4.79 Å². The molecule has 1 N–H and O–H groups in total. The van der Waals surface area contributed by atoms with Crippen molar-refractivity contribution < 1.29 is 19.0 Å². The summed E-state index contributed by atoms with van der Waals surface area (Å²) in [5.74, 6) is 2.59. The summed E-state index contributed by atoms with van der Waals surface area (Å²) in [7, 11) is 0. The zero-order chi connectivity index (χ0) is 27.3. The average molecular weight is 583 g/mol. The molecule has 6 nitrogen and oxygen atoms in total. The fraction of sp³-hybridized carbons (Fsp3) is 0.594. The Balaban J connectivity index is 1.26. The number of amides is 1. The molecular formula is C32H39ClN2O4S. The number of hydrogen-bond acceptors (Lipinski definition) is 6. The molecule has 2 fully saturated rings. The Kier molecular flexibility index (Phi) is 7.44. The summed E-state index contributed by atoms with van der Waals surface area (Å²) in [6, 6.07) is 12.3. The van der Waals surface area contributed by atoms with Gasteiger partial charge in [-0.05, 0) is 111 Å². The van der Waals surface area contributed by atoms with Gasteiger partial charge in [-0.25, -0.2) is 0 Å². The third-order valence-electron chi connectivity index (χ3n) is 9.91. The number of anilines is 1. The Bertz CT molecular complexity index is 1280. The van der Waals surface area contributed by atoms with Crippen molar-refractivity contribution >= 4 is 35.1 Å². The van der Waals surface area contributed by atoms with Gasteiger partial charge < -0.3 is 19.1 Å². The quantitative estimate of drug-likeness (QED) is 0.374. The van der Waals surface area contributed by atoms with Crippen LogP contribution in [0.2, 0.25) is 5.02 Å². The van der Waals surface area contributed by atoms with E-state index >= 15 is 0 Å². The van der Waals surface area contributed by atoms with E-state index in [-0.39, 0.29) is 29.6 Å². The maximum atomic E-state index is 13.2. The number of rotatable bonds is 0. The summed E-state index contributed by atoms with van der Waals surface area (Å²) in [5, 5.41) is 0.800. The van der Waals surface area contributed by atoms with Crippen LogP contribution in [0.3, 0.4) is 0 Å². The number of ether oxygens (including phenoxy) is 3. The molecule has 2 aromatic rings. The van der Waals surface area contributed by atoms with Crippen LogP contribution in [0, 0.1) is 11.8 Å². The van der Waals surface area contributed by atoms with E-state index in [1.54, 1.807) is 0 Å². The van der Waals surface area contributed by atoms with Crippen LogP contribution < -0.4 is 14.4 Å². The van der Waals surface area contributed by atoms with Gasteiger partial charge in [-0.1, -0.05) is 17.7 Å². The van der Waals surface area contributed by atoms with Crippen LogP contribution in [0.15, 0.2) is 36.4 Å². The summed E-state index contributed by atoms with van der Waals surface area (Å²) in [5.41, 5.74) is 4.29. The first-order valence-electron chi connectivity index (χ1n) is 15.0.